The molecule has 0 bridgehead atoms. The van der Waals surface area contributed by atoms with Crippen molar-refractivity contribution in [2.45, 2.75) is 24.7 Å². The maximum absolute atomic E-state index is 5.54. The standard InChI is InChI=1S/C25H26N2O3/c1-5-18(22(6-2)28-4)13-20-8-9-21(15-26-20)27-17(3)25(11-12-25)19-7-10-23-24(14-19)30-16-29-23/h5-10,14-15,27H,1-3,11-13,16H2,4H3/b22-18-. The molecule has 1 aromatic heterocycles. The molecule has 154 valence electrons. The van der Waals surface area contributed by atoms with Crippen molar-refractivity contribution >= 4 is 5.69 Å². The van der Waals surface area contributed by atoms with E-state index in [-0.39, 0.29) is 12.2 Å². The number of nitrogens with zero attached hydrogens (tertiary/aromatic N) is 1. The summed E-state index contributed by atoms with van der Waals surface area (Å²) in [6.45, 7) is 12.2. The second-order valence-electron chi connectivity index (χ2n) is 7.47. The van der Waals surface area contributed by atoms with Crippen molar-refractivity contribution < 1.29 is 14.2 Å². The number of methoxy groups -OCH3 is 1. The third kappa shape index (κ3) is 3.71. The third-order valence-electron chi connectivity index (χ3n) is 5.71. The molecule has 1 aromatic carbocycles. The minimum Gasteiger partial charge on any atom is -0.496 e. The Morgan fingerprint density at radius 2 is 1.97 bits per heavy atom. The van der Waals surface area contributed by atoms with Crippen molar-refractivity contribution in [3.05, 3.63) is 96.7 Å². The quantitative estimate of drug-likeness (QED) is 0.457. The molecular weight excluding hydrogens is 376 g/mol. The number of rotatable bonds is 9. The normalized spacial score (nSPS) is 16.3. The van der Waals surface area contributed by atoms with Gasteiger partial charge in [0.15, 0.2) is 11.5 Å². The molecule has 1 aliphatic heterocycles. The number of nitrogens with one attached hydrogen (secondary N) is 1. The van der Waals surface area contributed by atoms with Crippen LogP contribution >= 0.6 is 0 Å². The Balaban J connectivity index is 1.46. The fourth-order valence-corrected chi connectivity index (χ4v) is 3.78. The molecule has 2 aliphatic rings. The van der Waals surface area contributed by atoms with Crippen LogP contribution < -0.4 is 14.8 Å². The molecule has 0 amide bonds. The van der Waals surface area contributed by atoms with E-state index in [0.29, 0.717) is 12.2 Å². The lowest BCUT2D eigenvalue weighted by Gasteiger charge is -2.21. The molecule has 0 saturated heterocycles. The summed E-state index contributed by atoms with van der Waals surface area (Å²) in [6, 6.07) is 10.2. The lowest BCUT2D eigenvalue weighted by atomic mass is 9.92. The van der Waals surface area contributed by atoms with Crippen LogP contribution in [0.5, 0.6) is 11.5 Å². The number of pyridine rings is 1. The Morgan fingerprint density at radius 1 is 1.17 bits per heavy atom. The Bertz CT molecular complexity index is 1020. The highest BCUT2D eigenvalue weighted by molar-refractivity contribution is 5.56. The molecule has 1 saturated carbocycles. The zero-order chi connectivity index (χ0) is 21.1. The van der Waals surface area contributed by atoms with Gasteiger partial charge in [0.25, 0.3) is 0 Å². The van der Waals surface area contributed by atoms with Crippen molar-refractivity contribution in [3.63, 3.8) is 0 Å². The number of aromatic nitrogens is 1. The van der Waals surface area contributed by atoms with Crippen LogP contribution in [0.3, 0.4) is 0 Å². The highest BCUT2D eigenvalue weighted by Gasteiger charge is 2.47. The monoisotopic (exact) mass is 402 g/mol. The van der Waals surface area contributed by atoms with Gasteiger partial charge in [0.1, 0.15) is 5.76 Å². The van der Waals surface area contributed by atoms with Gasteiger partial charge in [-0.25, -0.2) is 0 Å². The van der Waals surface area contributed by atoms with E-state index in [2.05, 4.69) is 42.2 Å². The summed E-state index contributed by atoms with van der Waals surface area (Å²) in [5, 5.41) is 3.45. The molecule has 2 heterocycles. The summed E-state index contributed by atoms with van der Waals surface area (Å²) >= 11 is 0. The molecule has 1 fully saturated rings. The second kappa shape index (κ2) is 8.11. The van der Waals surface area contributed by atoms with Crippen molar-refractivity contribution in [2.75, 3.05) is 19.2 Å². The van der Waals surface area contributed by atoms with Crippen LogP contribution in [0.4, 0.5) is 5.69 Å². The first-order valence-electron chi connectivity index (χ1n) is 9.93. The Hall–Kier alpha value is -3.47. The van der Waals surface area contributed by atoms with Crippen molar-refractivity contribution in [1.82, 2.24) is 4.98 Å². The molecule has 5 nitrogen and oxygen atoms in total. The Kier molecular flexibility index (Phi) is 5.36. The number of hydrogen-bond donors (Lipinski definition) is 1. The van der Waals surface area contributed by atoms with Gasteiger partial charge in [0.2, 0.25) is 6.79 Å². The van der Waals surface area contributed by atoms with Gasteiger partial charge < -0.3 is 19.5 Å². The summed E-state index contributed by atoms with van der Waals surface area (Å²) in [4.78, 5) is 4.58. The highest BCUT2D eigenvalue weighted by atomic mass is 16.7. The molecule has 4 rings (SSSR count). The van der Waals surface area contributed by atoms with Gasteiger partial charge in [-0.15, -0.1) is 0 Å². The van der Waals surface area contributed by atoms with Gasteiger partial charge in [-0.1, -0.05) is 31.9 Å². The Morgan fingerprint density at radius 3 is 2.60 bits per heavy atom. The number of ether oxygens (including phenoxy) is 3. The highest BCUT2D eigenvalue weighted by Crippen LogP contribution is 2.54. The molecule has 1 N–H and O–H groups in total. The molecule has 30 heavy (non-hydrogen) atoms. The van der Waals surface area contributed by atoms with Gasteiger partial charge in [-0.05, 0) is 54.3 Å². The minimum atomic E-state index is -0.0737. The Labute approximate surface area is 177 Å². The van der Waals surface area contributed by atoms with Gasteiger partial charge in [-0.2, -0.15) is 0 Å². The van der Waals surface area contributed by atoms with Crippen LogP contribution in [-0.2, 0) is 16.6 Å². The van der Waals surface area contributed by atoms with E-state index in [4.69, 9.17) is 14.2 Å². The smallest absolute Gasteiger partial charge is 0.231 e. The van der Waals surface area contributed by atoms with E-state index in [1.807, 2.05) is 24.4 Å². The molecule has 0 atom stereocenters. The number of hydrogen-bond acceptors (Lipinski definition) is 5. The molecular formula is C25H26N2O3. The SMILES string of the molecule is C=C/C(Cc1ccc(NC(=C)C2(c3ccc4c(c3)OCO4)CC2)cn1)=C(\C=C)OC. The fourth-order valence-electron chi connectivity index (χ4n) is 3.78. The average Bonchev–Trinajstić information content (AvgIpc) is 3.46. The maximum Gasteiger partial charge on any atom is 0.231 e. The first-order valence-corrected chi connectivity index (χ1v) is 9.93. The third-order valence-corrected chi connectivity index (χ3v) is 5.71. The second-order valence-corrected chi connectivity index (χ2v) is 7.47. The lowest BCUT2D eigenvalue weighted by Crippen LogP contribution is -2.16. The fraction of sp³-hybridized carbons (Fsp3) is 0.240. The molecule has 5 heteroatoms. The van der Waals surface area contributed by atoms with Crippen LogP contribution in [0.15, 0.2) is 85.4 Å². The maximum atomic E-state index is 5.54. The van der Waals surface area contributed by atoms with E-state index in [9.17, 15) is 0 Å². The zero-order valence-corrected chi connectivity index (χ0v) is 17.2. The van der Waals surface area contributed by atoms with Crippen LogP contribution in [0.2, 0.25) is 0 Å². The van der Waals surface area contributed by atoms with Crippen molar-refractivity contribution in [3.8, 4) is 11.5 Å². The summed E-state index contributed by atoms with van der Waals surface area (Å²) in [7, 11) is 1.63. The van der Waals surface area contributed by atoms with Crippen molar-refractivity contribution in [2.24, 2.45) is 0 Å². The van der Waals surface area contributed by atoms with Crippen molar-refractivity contribution in [1.29, 1.82) is 0 Å². The molecule has 2 aromatic rings. The largest absolute Gasteiger partial charge is 0.496 e. The summed E-state index contributed by atoms with van der Waals surface area (Å²) in [5.41, 5.74) is 4.88. The molecule has 0 radical (unpaired) electrons. The number of fused-ring (bicyclic) bond motifs is 1. The van der Waals surface area contributed by atoms with E-state index in [0.717, 1.165) is 47.0 Å². The summed E-state index contributed by atoms with van der Waals surface area (Å²) in [5.74, 6) is 2.31. The predicted octanol–water partition coefficient (Wildman–Crippen LogP) is 5.28. The number of allylic oxidation sites excluding steroid dienone is 4. The molecule has 0 unspecified atom stereocenters. The van der Waals surface area contributed by atoms with E-state index < -0.39 is 0 Å². The topological polar surface area (TPSA) is 52.6 Å². The van der Waals surface area contributed by atoms with E-state index in [1.165, 1.54) is 5.56 Å². The van der Waals surface area contributed by atoms with Gasteiger partial charge in [0, 0.05) is 23.2 Å². The van der Waals surface area contributed by atoms with Crippen LogP contribution in [-0.4, -0.2) is 18.9 Å². The summed E-state index contributed by atoms with van der Waals surface area (Å²) in [6.07, 6.45) is 8.02. The summed E-state index contributed by atoms with van der Waals surface area (Å²) < 4.78 is 16.3. The number of anilines is 1. The number of benzene rings is 1. The zero-order valence-electron chi connectivity index (χ0n) is 17.2. The van der Waals surface area contributed by atoms with Crippen LogP contribution in [0, 0.1) is 0 Å². The first kappa shape index (κ1) is 19.8. The van der Waals surface area contributed by atoms with E-state index in [1.54, 1.807) is 19.3 Å². The van der Waals surface area contributed by atoms with Gasteiger partial charge in [0.05, 0.1) is 19.0 Å². The predicted molar refractivity (Wildman–Crippen MR) is 119 cm³/mol. The van der Waals surface area contributed by atoms with Gasteiger partial charge in [-0.3, -0.25) is 4.98 Å². The molecule has 1 aliphatic carbocycles. The van der Waals surface area contributed by atoms with Crippen LogP contribution in [0.25, 0.3) is 0 Å². The minimum absolute atomic E-state index is 0.0737. The van der Waals surface area contributed by atoms with E-state index >= 15 is 0 Å². The first-order chi connectivity index (χ1) is 14.6. The average molecular weight is 402 g/mol. The molecule has 0 spiro atoms. The lowest BCUT2D eigenvalue weighted by molar-refractivity contribution is 0.174. The van der Waals surface area contributed by atoms with Gasteiger partial charge >= 0.3 is 0 Å². The van der Waals surface area contributed by atoms with Crippen LogP contribution in [0.1, 0.15) is 24.1 Å².